The van der Waals surface area contributed by atoms with E-state index in [4.69, 9.17) is 4.42 Å². The minimum atomic E-state index is -0.0178. The maximum Gasteiger partial charge on any atom is 0.135 e. The number of hydrogen-bond donors (Lipinski definition) is 0. The van der Waals surface area contributed by atoms with Crippen LogP contribution in [0.1, 0.15) is 25.0 Å². The first-order valence-corrected chi connectivity index (χ1v) is 48.0. The zero-order chi connectivity index (χ0) is 90.2. The maximum absolute atomic E-state index is 6.18. The molecular formula is C129H84N6OS. The average Bonchev–Trinajstić information content (AvgIpc) is 1.56. The molecule has 0 atom stereocenters. The molecule has 137 heavy (non-hydrogen) atoms. The highest BCUT2D eigenvalue weighted by Crippen LogP contribution is 2.53. The summed E-state index contributed by atoms with van der Waals surface area (Å²) in [5.74, 6) is 0. The molecule has 0 spiro atoms. The maximum atomic E-state index is 6.18. The van der Waals surface area contributed by atoms with Crippen LogP contribution in [0.3, 0.4) is 0 Å². The molecular weight excluding hydrogens is 1680 g/mol. The Labute approximate surface area is 792 Å². The van der Waals surface area contributed by atoms with Crippen LogP contribution in [0.25, 0.3) is 252 Å². The Kier molecular flexibility index (Phi) is 17.5. The van der Waals surface area contributed by atoms with Crippen LogP contribution in [0, 0.1) is 0 Å². The lowest BCUT2D eigenvalue weighted by Gasteiger charge is -2.21. The van der Waals surface area contributed by atoms with Crippen LogP contribution in [0.5, 0.6) is 0 Å². The highest BCUT2D eigenvalue weighted by atomic mass is 32.1. The van der Waals surface area contributed by atoms with Gasteiger partial charge in [-0.2, -0.15) is 0 Å². The fourth-order valence-corrected chi connectivity index (χ4v) is 24.5. The monoisotopic (exact) mass is 1760 g/mol. The molecule has 0 saturated carbocycles. The van der Waals surface area contributed by atoms with E-state index < -0.39 is 0 Å². The van der Waals surface area contributed by atoms with Gasteiger partial charge in [-0.05, 0) is 225 Å². The normalized spacial score (nSPS) is 12.5. The summed E-state index contributed by atoms with van der Waals surface area (Å²) >= 11 is 1.87. The van der Waals surface area contributed by atoms with E-state index in [2.05, 4.69) is 502 Å². The van der Waals surface area contributed by atoms with E-state index in [0.717, 1.165) is 33.3 Å². The van der Waals surface area contributed by atoms with E-state index in [1.807, 2.05) is 23.5 Å². The Balaban J connectivity index is 0.000000102. The number of thiophene rings is 1. The van der Waals surface area contributed by atoms with Gasteiger partial charge in [-0.1, -0.05) is 317 Å². The lowest BCUT2D eigenvalue weighted by molar-refractivity contribution is 0.660. The number of benzene rings is 21. The molecule has 0 N–H and O–H groups in total. The second-order valence-corrected chi connectivity index (χ2v) is 37.9. The number of aromatic nitrogens is 6. The Morgan fingerprint density at radius 2 is 0.431 bits per heavy atom. The molecule has 0 unspecified atom stereocenters. The largest absolute Gasteiger partial charge is 0.456 e. The molecule has 0 bridgehead atoms. The van der Waals surface area contributed by atoms with Crippen molar-refractivity contribution in [3.05, 3.63) is 484 Å². The minimum absolute atomic E-state index is 0.0178. The highest BCUT2D eigenvalue weighted by molar-refractivity contribution is 7.25. The van der Waals surface area contributed by atoms with Crippen LogP contribution in [0.15, 0.2) is 478 Å². The Bertz CT molecular complexity index is 9660. The number of hydrogen-bond acceptors (Lipinski definition) is 2. The molecule has 30 rings (SSSR count). The molecule has 8 aromatic heterocycles. The van der Waals surface area contributed by atoms with E-state index >= 15 is 0 Å². The number of fused-ring (bicyclic) bond motifs is 27. The van der Waals surface area contributed by atoms with E-state index in [-0.39, 0.29) is 5.41 Å². The third-order valence-corrected chi connectivity index (χ3v) is 30.3. The van der Waals surface area contributed by atoms with Gasteiger partial charge in [0.15, 0.2) is 0 Å². The standard InChI is InChI=1S/C45H32N2.C42H26N2O.C42H26N2S/c1-45(2)37-21-9-6-16-31(37)36-28-30(26-27-38(36)45)47-40-23-11-8-18-35(40)44-33(20-13-25-42(44)47)32-19-12-24-41-43(32)34-17-7-10-22-39(34)46(41)29-14-4-3-5-15-29;2*1-2-12-27(13-3-1)43-35-19-7-4-15-32(35)41-30(17-10-21-37(41)43)31-18-11-22-38-42(31)33-16-5-8-20-36(33)44(38)28-24-25-40-34(26-28)29-14-6-9-23-39(29)45-40/h3-28H,1-2H3;2*1-26H. The topological polar surface area (TPSA) is 42.7 Å². The van der Waals surface area contributed by atoms with Gasteiger partial charge < -0.3 is 31.8 Å². The summed E-state index contributed by atoms with van der Waals surface area (Å²) in [5, 5.41) is 20.1. The van der Waals surface area contributed by atoms with E-state index in [1.165, 1.54) is 229 Å². The third kappa shape index (κ3) is 11.8. The smallest absolute Gasteiger partial charge is 0.135 e. The number of furan rings is 1. The predicted octanol–water partition coefficient (Wildman–Crippen LogP) is 35.2. The fraction of sp³-hybridized carbons (Fsp3) is 0.0233. The number of rotatable bonds is 9. The Morgan fingerprint density at radius 3 is 0.825 bits per heavy atom. The van der Waals surface area contributed by atoms with Crippen LogP contribution < -0.4 is 0 Å². The number of para-hydroxylation sites is 10. The van der Waals surface area contributed by atoms with Crippen molar-refractivity contribution in [2.75, 3.05) is 0 Å². The van der Waals surface area contributed by atoms with Crippen LogP contribution in [-0.2, 0) is 5.41 Å². The molecule has 0 saturated heterocycles. The summed E-state index contributed by atoms with van der Waals surface area (Å²) in [6.45, 7) is 4.69. The second kappa shape index (κ2) is 30.8. The van der Waals surface area contributed by atoms with Crippen molar-refractivity contribution in [1.82, 2.24) is 27.4 Å². The third-order valence-electron chi connectivity index (χ3n) is 29.2. The molecule has 0 amide bonds. The van der Waals surface area contributed by atoms with E-state index in [0.29, 0.717) is 0 Å². The summed E-state index contributed by atoms with van der Waals surface area (Å²) in [6, 6.07) is 172. The summed E-state index contributed by atoms with van der Waals surface area (Å²) in [7, 11) is 0. The van der Waals surface area contributed by atoms with Gasteiger partial charge in [0.2, 0.25) is 0 Å². The van der Waals surface area contributed by atoms with Crippen LogP contribution in [0.4, 0.5) is 0 Å². The molecule has 7 nitrogen and oxygen atoms in total. The van der Waals surface area contributed by atoms with Gasteiger partial charge in [0.25, 0.3) is 0 Å². The molecule has 0 aliphatic heterocycles. The first-order chi connectivity index (χ1) is 67.8. The first-order valence-electron chi connectivity index (χ1n) is 47.2. The predicted molar refractivity (Wildman–Crippen MR) is 579 cm³/mol. The minimum Gasteiger partial charge on any atom is -0.456 e. The van der Waals surface area contributed by atoms with E-state index in [9.17, 15) is 0 Å². The van der Waals surface area contributed by atoms with Crippen molar-refractivity contribution < 1.29 is 4.42 Å². The number of nitrogens with zero attached hydrogens (tertiary/aromatic N) is 6. The second-order valence-electron chi connectivity index (χ2n) is 36.8. The molecule has 8 heterocycles. The van der Waals surface area contributed by atoms with Crippen molar-refractivity contribution in [2.24, 2.45) is 0 Å². The summed E-state index contributed by atoms with van der Waals surface area (Å²) in [6.07, 6.45) is 0. The summed E-state index contributed by atoms with van der Waals surface area (Å²) < 4.78 is 23.3. The summed E-state index contributed by atoms with van der Waals surface area (Å²) in [5.41, 5.74) is 36.3. The molecule has 1 aliphatic carbocycles. The zero-order valence-electron chi connectivity index (χ0n) is 75.0. The molecule has 642 valence electrons. The van der Waals surface area contributed by atoms with Gasteiger partial charge in [0, 0.05) is 135 Å². The van der Waals surface area contributed by atoms with Crippen molar-refractivity contribution in [3.8, 4) is 78.6 Å². The zero-order valence-corrected chi connectivity index (χ0v) is 75.8. The SMILES string of the molecule is CC1(C)c2ccccc2-c2cc(-n3c4ccccc4c4c(-c5cccc6c5c5ccccc5n6-c5ccccc5)cccc43)ccc21.c1ccc(-n2c3ccccc3c3c(-c4cccc5c4c4ccccc4n5-c4ccc5oc6ccccc6c5c4)cccc32)cc1.c1ccc(-n2c3ccccc3c3c(-c4cccc5c4c4ccccc4n5-c4ccc5sc6ccccc6c5c4)cccc32)cc1. The van der Waals surface area contributed by atoms with Crippen LogP contribution in [-0.4, -0.2) is 27.4 Å². The Hall–Kier alpha value is -17.6. The average molecular weight is 1770 g/mol. The lowest BCUT2D eigenvalue weighted by Crippen LogP contribution is -2.14. The molecule has 29 aromatic rings. The molecule has 8 heteroatoms. The molecule has 21 aromatic carbocycles. The molecule has 0 fully saturated rings. The van der Waals surface area contributed by atoms with Crippen molar-refractivity contribution in [3.63, 3.8) is 0 Å². The highest BCUT2D eigenvalue weighted by Gasteiger charge is 2.36. The van der Waals surface area contributed by atoms with Crippen LogP contribution >= 0.6 is 11.3 Å². The van der Waals surface area contributed by atoms with Gasteiger partial charge in [-0.15, -0.1) is 11.3 Å². The lowest BCUT2D eigenvalue weighted by atomic mass is 9.82. The van der Waals surface area contributed by atoms with Crippen molar-refractivity contribution in [2.45, 2.75) is 19.3 Å². The van der Waals surface area contributed by atoms with Gasteiger partial charge in [0.05, 0.1) is 66.2 Å². The van der Waals surface area contributed by atoms with E-state index in [1.54, 1.807) is 0 Å². The van der Waals surface area contributed by atoms with Crippen molar-refractivity contribution in [1.29, 1.82) is 0 Å². The quantitative estimate of drug-likeness (QED) is 0.142. The fourth-order valence-electron chi connectivity index (χ4n) is 23.4. The molecule has 1 aliphatic rings. The van der Waals surface area contributed by atoms with Gasteiger partial charge in [-0.25, -0.2) is 0 Å². The molecule has 0 radical (unpaired) electrons. The van der Waals surface area contributed by atoms with Crippen molar-refractivity contribution >= 4 is 184 Å². The summed E-state index contributed by atoms with van der Waals surface area (Å²) in [4.78, 5) is 0. The first kappa shape index (κ1) is 78.1. The van der Waals surface area contributed by atoms with Crippen LogP contribution in [0.2, 0.25) is 0 Å². The van der Waals surface area contributed by atoms with Gasteiger partial charge in [-0.3, -0.25) is 0 Å². The van der Waals surface area contributed by atoms with Gasteiger partial charge >= 0.3 is 0 Å². The van der Waals surface area contributed by atoms with Gasteiger partial charge in [0.1, 0.15) is 11.2 Å². The Morgan fingerprint density at radius 1 is 0.168 bits per heavy atom.